The first-order valence-electron chi connectivity index (χ1n) is 4.53. The fraction of sp³-hybridized carbons (Fsp3) is 0.182. The van der Waals surface area contributed by atoms with E-state index in [9.17, 15) is 4.79 Å². The molecule has 0 spiro atoms. The van der Waals surface area contributed by atoms with Gasteiger partial charge >= 0.3 is 5.97 Å². The van der Waals surface area contributed by atoms with Gasteiger partial charge in [0.15, 0.2) is 0 Å². The summed E-state index contributed by atoms with van der Waals surface area (Å²) in [6.45, 7) is 3.65. The van der Waals surface area contributed by atoms with Crippen molar-refractivity contribution in [3.05, 3.63) is 34.0 Å². The molecule has 4 heteroatoms. The molecule has 1 heterocycles. The van der Waals surface area contributed by atoms with Crippen molar-refractivity contribution in [3.8, 4) is 0 Å². The predicted octanol–water partition coefficient (Wildman–Crippen LogP) is 3.14. The summed E-state index contributed by atoms with van der Waals surface area (Å²) >= 11 is 6.01. The van der Waals surface area contributed by atoms with Gasteiger partial charge in [-0.2, -0.15) is 0 Å². The number of hydrogen-bond acceptors (Lipinski definition) is 1. The van der Waals surface area contributed by atoms with Crippen molar-refractivity contribution in [2.45, 2.75) is 13.8 Å². The molecule has 0 radical (unpaired) electrons. The average Bonchev–Trinajstić information content (AvgIpc) is 2.50. The van der Waals surface area contributed by atoms with Crippen molar-refractivity contribution in [2.24, 2.45) is 0 Å². The van der Waals surface area contributed by atoms with Gasteiger partial charge in [-0.3, -0.25) is 0 Å². The zero-order valence-electron chi connectivity index (χ0n) is 8.39. The molecule has 3 nitrogen and oxygen atoms in total. The Balaban J connectivity index is 2.98. The Morgan fingerprint density at radius 3 is 2.67 bits per heavy atom. The van der Waals surface area contributed by atoms with Crippen LogP contribution >= 0.6 is 11.6 Å². The van der Waals surface area contributed by atoms with E-state index in [1.165, 1.54) is 0 Å². The number of carboxylic acids is 1. The van der Waals surface area contributed by atoms with Gasteiger partial charge in [0, 0.05) is 11.1 Å². The molecular formula is C11H10ClNO2. The lowest BCUT2D eigenvalue weighted by molar-refractivity contribution is 0.0698. The summed E-state index contributed by atoms with van der Waals surface area (Å²) in [5.41, 5.74) is 2.69. The molecule has 1 aromatic heterocycles. The molecule has 2 rings (SSSR count). The van der Waals surface area contributed by atoms with Crippen LogP contribution in [-0.4, -0.2) is 16.1 Å². The lowest BCUT2D eigenvalue weighted by Gasteiger charge is -1.99. The van der Waals surface area contributed by atoms with Crippen molar-refractivity contribution >= 4 is 28.5 Å². The zero-order chi connectivity index (χ0) is 11.2. The number of aromatic nitrogens is 1. The van der Waals surface area contributed by atoms with Gasteiger partial charge in [-0.1, -0.05) is 17.7 Å². The molecule has 78 valence electrons. The highest BCUT2D eigenvalue weighted by molar-refractivity contribution is 6.37. The number of benzene rings is 1. The maximum atomic E-state index is 11.1. The smallest absolute Gasteiger partial charge is 0.338 e. The summed E-state index contributed by atoms with van der Waals surface area (Å²) < 4.78 is 0. The second kappa shape index (κ2) is 3.28. The van der Waals surface area contributed by atoms with Crippen LogP contribution in [0.25, 0.3) is 10.9 Å². The Morgan fingerprint density at radius 2 is 2.07 bits per heavy atom. The highest BCUT2D eigenvalue weighted by atomic mass is 35.5. The van der Waals surface area contributed by atoms with Crippen LogP contribution in [0.1, 0.15) is 21.6 Å². The van der Waals surface area contributed by atoms with Crippen molar-refractivity contribution in [1.29, 1.82) is 0 Å². The molecule has 15 heavy (non-hydrogen) atoms. The minimum absolute atomic E-state index is 0.263. The molecule has 1 aromatic carbocycles. The topological polar surface area (TPSA) is 53.1 Å². The van der Waals surface area contributed by atoms with Crippen LogP contribution in [-0.2, 0) is 0 Å². The number of aromatic amines is 1. The number of carbonyl (C=O) groups is 1. The van der Waals surface area contributed by atoms with Gasteiger partial charge in [0.2, 0.25) is 0 Å². The largest absolute Gasteiger partial charge is 0.478 e. The van der Waals surface area contributed by atoms with Crippen LogP contribution in [0, 0.1) is 13.8 Å². The first-order valence-corrected chi connectivity index (χ1v) is 4.91. The zero-order valence-corrected chi connectivity index (χ0v) is 9.14. The van der Waals surface area contributed by atoms with Crippen LogP contribution in [0.2, 0.25) is 5.02 Å². The van der Waals surface area contributed by atoms with Gasteiger partial charge in [-0.25, -0.2) is 4.79 Å². The minimum Gasteiger partial charge on any atom is -0.478 e. The quantitative estimate of drug-likeness (QED) is 0.780. The fourth-order valence-corrected chi connectivity index (χ4v) is 2.04. The van der Waals surface area contributed by atoms with Crippen molar-refractivity contribution in [3.63, 3.8) is 0 Å². The summed E-state index contributed by atoms with van der Waals surface area (Å²) in [7, 11) is 0. The maximum Gasteiger partial charge on any atom is 0.338 e. The van der Waals surface area contributed by atoms with Crippen molar-refractivity contribution < 1.29 is 9.90 Å². The number of aryl methyl sites for hydroxylation is 2. The lowest BCUT2D eigenvalue weighted by Crippen LogP contribution is -1.97. The van der Waals surface area contributed by atoms with E-state index in [0.717, 1.165) is 11.1 Å². The number of nitrogens with one attached hydrogen (secondary N) is 1. The van der Waals surface area contributed by atoms with Crippen LogP contribution in [0.15, 0.2) is 12.1 Å². The molecule has 0 atom stereocenters. The van der Waals surface area contributed by atoms with Gasteiger partial charge < -0.3 is 10.1 Å². The third kappa shape index (κ3) is 1.39. The van der Waals surface area contributed by atoms with E-state index in [0.29, 0.717) is 16.1 Å². The lowest BCUT2D eigenvalue weighted by atomic mass is 10.1. The maximum absolute atomic E-state index is 11.1. The average molecular weight is 224 g/mol. The number of fused-ring (bicyclic) bond motifs is 1. The van der Waals surface area contributed by atoms with Gasteiger partial charge in [0.25, 0.3) is 0 Å². The summed E-state index contributed by atoms with van der Waals surface area (Å²) in [5, 5.41) is 10.2. The van der Waals surface area contributed by atoms with Crippen molar-refractivity contribution in [1.82, 2.24) is 4.98 Å². The van der Waals surface area contributed by atoms with E-state index < -0.39 is 5.97 Å². The first kappa shape index (κ1) is 10.1. The van der Waals surface area contributed by atoms with Crippen LogP contribution < -0.4 is 0 Å². The van der Waals surface area contributed by atoms with Gasteiger partial charge in [0.05, 0.1) is 16.1 Å². The minimum atomic E-state index is -0.953. The van der Waals surface area contributed by atoms with E-state index in [1.807, 2.05) is 13.0 Å². The second-order valence-corrected chi connectivity index (χ2v) is 3.95. The highest BCUT2D eigenvalue weighted by Gasteiger charge is 2.18. The van der Waals surface area contributed by atoms with E-state index in [-0.39, 0.29) is 5.56 Å². The molecule has 0 aliphatic carbocycles. The Labute approximate surface area is 91.7 Å². The standard InChI is InChI=1S/C11H10ClNO2/c1-5-3-4-7(12)9-8(11(14)15)6(2)13-10(5)9/h3-4,13H,1-2H3,(H,14,15). The molecule has 2 N–H and O–H groups in total. The first-order chi connectivity index (χ1) is 7.02. The number of H-pyrrole nitrogens is 1. The molecule has 0 saturated heterocycles. The summed E-state index contributed by atoms with van der Waals surface area (Å²) in [6.07, 6.45) is 0. The Hall–Kier alpha value is -1.48. The third-order valence-electron chi connectivity index (χ3n) is 2.51. The van der Waals surface area contributed by atoms with Crippen LogP contribution in [0.5, 0.6) is 0 Å². The van der Waals surface area contributed by atoms with E-state index in [1.54, 1.807) is 13.0 Å². The molecule has 2 aromatic rings. The molecule has 0 amide bonds. The number of hydrogen-bond donors (Lipinski definition) is 2. The fourth-order valence-electron chi connectivity index (χ4n) is 1.79. The molecule has 0 saturated carbocycles. The number of halogens is 1. The monoisotopic (exact) mass is 223 g/mol. The van der Waals surface area contributed by atoms with E-state index in [2.05, 4.69) is 4.98 Å². The summed E-state index contributed by atoms with van der Waals surface area (Å²) in [5.74, 6) is -0.953. The molecule has 0 fully saturated rings. The van der Waals surface area contributed by atoms with Crippen molar-refractivity contribution in [2.75, 3.05) is 0 Å². The molecule has 0 unspecified atom stereocenters. The summed E-state index contributed by atoms with van der Waals surface area (Å²) in [4.78, 5) is 14.1. The highest BCUT2D eigenvalue weighted by Crippen LogP contribution is 2.31. The molecular weight excluding hydrogens is 214 g/mol. The Kier molecular flexibility index (Phi) is 2.20. The molecule has 0 aliphatic heterocycles. The van der Waals surface area contributed by atoms with Gasteiger partial charge in [-0.15, -0.1) is 0 Å². The molecule has 0 bridgehead atoms. The number of rotatable bonds is 1. The van der Waals surface area contributed by atoms with Gasteiger partial charge in [0.1, 0.15) is 0 Å². The summed E-state index contributed by atoms with van der Waals surface area (Å²) in [6, 6.07) is 3.59. The third-order valence-corrected chi connectivity index (χ3v) is 2.83. The number of carboxylic acid groups (broad SMARTS) is 1. The molecule has 0 aliphatic rings. The van der Waals surface area contributed by atoms with E-state index >= 15 is 0 Å². The van der Waals surface area contributed by atoms with E-state index in [4.69, 9.17) is 16.7 Å². The Morgan fingerprint density at radius 1 is 1.40 bits per heavy atom. The van der Waals surface area contributed by atoms with Gasteiger partial charge in [-0.05, 0) is 25.5 Å². The second-order valence-electron chi connectivity index (χ2n) is 3.54. The Bertz CT molecular complexity index is 557. The SMILES string of the molecule is Cc1[nH]c2c(C)ccc(Cl)c2c1C(=O)O. The number of aromatic carboxylic acids is 1. The van der Waals surface area contributed by atoms with Crippen LogP contribution in [0.3, 0.4) is 0 Å². The van der Waals surface area contributed by atoms with Crippen LogP contribution in [0.4, 0.5) is 0 Å². The predicted molar refractivity (Wildman–Crippen MR) is 59.7 cm³/mol. The normalized spacial score (nSPS) is 10.9.